The number of aliphatic hydroxyl groups excluding tert-OH is 2. The molecule has 2 fully saturated rings. The molecule has 2 aromatic heterocycles. The van der Waals surface area contributed by atoms with Crippen molar-refractivity contribution >= 4 is 68.3 Å². The molecule has 0 saturated carbocycles. The lowest BCUT2D eigenvalue weighted by Crippen LogP contribution is -2.37. The number of anilines is 2. The first kappa shape index (κ1) is 52.0. The largest absolute Gasteiger partial charge is 0.477 e. The highest BCUT2D eigenvalue weighted by Gasteiger charge is 2.27. The van der Waals surface area contributed by atoms with Crippen molar-refractivity contribution in [1.29, 1.82) is 0 Å². The van der Waals surface area contributed by atoms with Crippen LogP contribution in [0.3, 0.4) is 0 Å². The van der Waals surface area contributed by atoms with Gasteiger partial charge >= 0.3 is 11.9 Å². The summed E-state index contributed by atoms with van der Waals surface area (Å²) in [6.45, 7) is 11.8. The van der Waals surface area contributed by atoms with E-state index in [0.717, 1.165) is 11.4 Å². The van der Waals surface area contributed by atoms with Crippen LogP contribution in [-0.4, -0.2) is 107 Å². The molecule has 14 nitrogen and oxygen atoms in total. The number of nitrogens with zero attached hydrogens (tertiary/aromatic N) is 4. The molecule has 0 aliphatic carbocycles. The quantitative estimate of drug-likeness (QED) is 0.0822. The maximum atomic E-state index is 14.8. The molecule has 0 radical (unpaired) electrons. The van der Waals surface area contributed by atoms with Crippen LogP contribution in [0.5, 0.6) is 0 Å². The number of aliphatic hydroxyl groups is 2. The van der Waals surface area contributed by atoms with E-state index in [0.29, 0.717) is 85.9 Å². The lowest BCUT2D eigenvalue weighted by Gasteiger charge is -2.32. The monoisotopic (exact) mass is 1000 g/mol. The Labute approximate surface area is 412 Å². The van der Waals surface area contributed by atoms with Crippen molar-refractivity contribution in [2.24, 2.45) is 11.8 Å². The Morgan fingerprint density at radius 3 is 1.27 bits per heavy atom. The molecule has 18 heteroatoms. The smallest absolute Gasteiger partial charge is 0.341 e. The van der Waals surface area contributed by atoms with Crippen molar-refractivity contribution in [3.05, 3.63) is 149 Å². The fourth-order valence-corrected chi connectivity index (χ4v) is 9.60. The molecule has 2 aliphatic heterocycles. The second-order valence-corrected chi connectivity index (χ2v) is 18.9. The van der Waals surface area contributed by atoms with Crippen molar-refractivity contribution in [2.75, 3.05) is 75.6 Å². The number of pyridine rings is 2. The number of carboxylic acid groups (broad SMARTS) is 2. The zero-order valence-corrected chi connectivity index (χ0v) is 40.8. The number of aromatic nitrogens is 2. The summed E-state index contributed by atoms with van der Waals surface area (Å²) in [5, 5.41) is 40.1. The molecule has 4 aromatic carbocycles. The van der Waals surface area contributed by atoms with Crippen LogP contribution in [0.4, 0.5) is 20.2 Å². The topological polar surface area (TPSA) is 184 Å². The van der Waals surface area contributed by atoms with E-state index in [2.05, 4.69) is 9.80 Å². The first-order valence-electron chi connectivity index (χ1n) is 23.1. The number of hydrogen-bond acceptors (Lipinski definition) is 10. The predicted molar refractivity (Wildman–Crippen MR) is 267 cm³/mol. The number of halogens is 4. The Hall–Kier alpha value is -5.88. The van der Waals surface area contributed by atoms with E-state index in [1.54, 1.807) is 45.5 Å². The van der Waals surface area contributed by atoms with Gasteiger partial charge in [-0.1, -0.05) is 75.2 Å². The van der Waals surface area contributed by atoms with Crippen LogP contribution in [0.15, 0.2) is 82.6 Å². The van der Waals surface area contributed by atoms with Crippen molar-refractivity contribution in [3.63, 3.8) is 0 Å². The molecule has 0 unspecified atom stereocenters. The summed E-state index contributed by atoms with van der Waals surface area (Å²) in [4.78, 5) is 54.5. The minimum Gasteiger partial charge on any atom is -0.477 e. The van der Waals surface area contributed by atoms with Crippen molar-refractivity contribution in [3.8, 4) is 0 Å². The molecule has 0 amide bonds. The number of carbonyl (C=O) groups is 2. The van der Waals surface area contributed by atoms with Gasteiger partial charge in [-0.25, -0.2) is 18.4 Å². The van der Waals surface area contributed by atoms with Gasteiger partial charge in [0.25, 0.3) is 0 Å². The first-order valence-corrected chi connectivity index (χ1v) is 23.8. The average Bonchev–Trinajstić information content (AvgIpc) is 3.34. The van der Waals surface area contributed by atoms with Crippen molar-refractivity contribution in [1.82, 2.24) is 9.13 Å². The average molecular weight is 1010 g/mol. The molecule has 8 rings (SSSR count). The number of hydrogen-bond donors (Lipinski definition) is 4. The molecule has 0 bridgehead atoms. The minimum atomic E-state index is -1.34. The zero-order valence-electron chi connectivity index (χ0n) is 39.3. The molecule has 0 spiro atoms. The summed E-state index contributed by atoms with van der Waals surface area (Å²) in [5.74, 6) is -3.80. The number of carboxylic acids is 2. The maximum absolute atomic E-state index is 14.8. The van der Waals surface area contributed by atoms with E-state index < -0.39 is 46.5 Å². The van der Waals surface area contributed by atoms with E-state index in [1.807, 2.05) is 39.8 Å². The molecule has 70 heavy (non-hydrogen) atoms. The number of ether oxygens (including phenoxy) is 2. The Morgan fingerprint density at radius 2 is 0.957 bits per heavy atom. The Morgan fingerprint density at radius 1 is 0.600 bits per heavy atom. The van der Waals surface area contributed by atoms with Gasteiger partial charge in [0.2, 0.25) is 10.9 Å². The molecule has 2 aliphatic rings. The van der Waals surface area contributed by atoms with Crippen molar-refractivity contribution in [2.45, 2.75) is 52.6 Å². The fraction of sp³-hybridized carbons (Fsp3) is 0.385. The lowest BCUT2D eigenvalue weighted by molar-refractivity contribution is 0.0683. The molecule has 372 valence electrons. The third kappa shape index (κ3) is 10.9. The molecule has 6 aromatic rings. The van der Waals surface area contributed by atoms with Gasteiger partial charge in [-0.05, 0) is 70.5 Å². The van der Waals surface area contributed by atoms with Gasteiger partial charge in [-0.3, -0.25) is 9.59 Å². The van der Waals surface area contributed by atoms with Crippen LogP contribution in [-0.2, 0) is 22.3 Å². The summed E-state index contributed by atoms with van der Waals surface area (Å²) in [6, 6.07) is 15.7. The van der Waals surface area contributed by atoms with Gasteiger partial charge in [-0.15, -0.1) is 0 Å². The van der Waals surface area contributed by atoms with Crippen molar-refractivity contribution < 1.29 is 48.3 Å². The van der Waals surface area contributed by atoms with Gasteiger partial charge in [0.15, 0.2) is 0 Å². The number of benzene rings is 4. The third-order valence-corrected chi connectivity index (χ3v) is 13.7. The summed E-state index contributed by atoms with van der Waals surface area (Å²) in [7, 11) is 0. The van der Waals surface area contributed by atoms with Crippen LogP contribution >= 0.6 is 23.2 Å². The summed E-state index contributed by atoms with van der Waals surface area (Å²) in [5.41, 5.74) is 2.74. The predicted octanol–water partition coefficient (Wildman–Crippen LogP) is 8.22. The SMILES string of the molecule is CC(C)[C@@H](CO)n1cc(C(=O)O)c(=O)c2cc(Cc3cccc(Cl)c3F)c(N3CCOCC3)cc21.CC(C)[C@@H](CO)n1cc(C(=O)O)c(=O)c2cc(Cc3cccc(Cl)c3F)c(N3CCOCC3)cc21. The molecule has 4 heterocycles. The standard InChI is InChI=1S/2C26H28ClFN2O5/c2*1-15(2)23(14-31)30-13-19(26(33)34)25(32)18-11-17(10-16-4-3-5-20(27)24(16)28)21(12-22(18)30)29-6-8-35-9-7-29/h2*3-5,11-13,15,23,31H,6-10,14H2,1-2H3,(H,33,34)/t2*23-/m11/s1. The van der Waals surface area contributed by atoms with Crippen LogP contribution < -0.4 is 20.7 Å². The van der Waals surface area contributed by atoms with E-state index in [4.69, 9.17) is 32.7 Å². The van der Waals surface area contributed by atoms with E-state index in [9.17, 15) is 48.4 Å². The summed E-state index contributed by atoms with van der Waals surface area (Å²) in [6.07, 6.45) is 2.96. The first-order chi connectivity index (χ1) is 33.4. The molecular weight excluding hydrogens is 949 g/mol. The molecule has 4 N–H and O–H groups in total. The Kier molecular flexibility index (Phi) is 16.7. The Bertz CT molecular complexity index is 2840. The van der Waals surface area contributed by atoms with E-state index >= 15 is 0 Å². The highest BCUT2D eigenvalue weighted by molar-refractivity contribution is 6.31. The summed E-state index contributed by atoms with van der Waals surface area (Å²) < 4.78 is 43.9. The normalized spacial score (nSPS) is 15.1. The highest BCUT2D eigenvalue weighted by Crippen LogP contribution is 2.35. The number of aromatic carboxylic acids is 2. The van der Waals surface area contributed by atoms with E-state index in [1.165, 1.54) is 24.5 Å². The third-order valence-electron chi connectivity index (χ3n) is 13.1. The molecule has 2 saturated heterocycles. The summed E-state index contributed by atoms with van der Waals surface area (Å²) >= 11 is 12.0. The van der Waals surface area contributed by atoms with Crippen LogP contribution in [0.1, 0.15) is 82.7 Å². The maximum Gasteiger partial charge on any atom is 0.341 e. The van der Waals surface area contributed by atoms with Crippen LogP contribution in [0.2, 0.25) is 10.0 Å². The molecular formula is C52H56Cl2F2N4O10. The van der Waals surface area contributed by atoms with Gasteiger partial charge in [0, 0.05) is 73.6 Å². The van der Waals surface area contributed by atoms with Gasteiger partial charge in [-0.2, -0.15) is 0 Å². The number of morpholine rings is 2. The van der Waals surface area contributed by atoms with Gasteiger partial charge in [0.05, 0.1) is 72.8 Å². The second kappa shape index (κ2) is 22.5. The number of fused-ring (bicyclic) bond motifs is 2. The minimum absolute atomic E-state index is 0.00875. The lowest BCUT2D eigenvalue weighted by atomic mass is 9.97. The van der Waals surface area contributed by atoms with Crippen LogP contribution in [0.25, 0.3) is 21.8 Å². The Balaban J connectivity index is 0.000000206. The highest BCUT2D eigenvalue weighted by atomic mass is 35.5. The zero-order chi connectivity index (χ0) is 50.6. The van der Waals surface area contributed by atoms with Crippen LogP contribution in [0, 0.1) is 23.5 Å². The fourth-order valence-electron chi connectivity index (χ4n) is 9.21. The van der Waals surface area contributed by atoms with E-state index in [-0.39, 0.29) is 69.8 Å². The molecule has 2 atom stereocenters. The number of rotatable bonds is 14. The van der Waals surface area contributed by atoms with Gasteiger partial charge in [0.1, 0.15) is 22.8 Å². The van der Waals surface area contributed by atoms with Gasteiger partial charge < -0.3 is 48.8 Å². The second-order valence-electron chi connectivity index (χ2n) is 18.1.